The fourth-order valence-corrected chi connectivity index (χ4v) is 3.93. The van der Waals surface area contributed by atoms with E-state index in [0.717, 1.165) is 41.2 Å². The predicted molar refractivity (Wildman–Crippen MR) is 109 cm³/mol. The maximum absolute atomic E-state index is 11.8. The summed E-state index contributed by atoms with van der Waals surface area (Å²) in [5.41, 5.74) is 5.05. The summed E-state index contributed by atoms with van der Waals surface area (Å²) >= 11 is 0. The van der Waals surface area contributed by atoms with Crippen molar-refractivity contribution in [1.82, 2.24) is 4.98 Å². The average Bonchev–Trinajstić information content (AvgIpc) is 3.08. The van der Waals surface area contributed by atoms with Crippen LogP contribution < -0.4 is 10.1 Å². The van der Waals surface area contributed by atoms with Crippen molar-refractivity contribution in [2.45, 2.75) is 31.1 Å². The molecule has 0 amide bonds. The molecule has 0 fully saturated rings. The van der Waals surface area contributed by atoms with Crippen LogP contribution in [-0.4, -0.2) is 33.3 Å². The lowest BCUT2D eigenvalue weighted by Crippen LogP contribution is -2.07. The molecule has 1 aromatic heterocycles. The molecule has 2 aromatic rings. The zero-order valence-corrected chi connectivity index (χ0v) is 17.1. The van der Waals surface area contributed by atoms with Crippen LogP contribution in [0, 0.1) is 11.3 Å². The van der Waals surface area contributed by atoms with Gasteiger partial charge in [-0.05, 0) is 24.6 Å². The molecule has 6 nitrogen and oxygen atoms in total. The third-order valence-electron chi connectivity index (χ3n) is 4.66. The Morgan fingerprint density at radius 3 is 2.75 bits per heavy atom. The van der Waals surface area contributed by atoms with Gasteiger partial charge in [0.05, 0.1) is 29.3 Å². The molecule has 0 aliphatic heterocycles. The van der Waals surface area contributed by atoms with E-state index in [9.17, 15) is 13.7 Å². The largest absolute Gasteiger partial charge is 0.496 e. The number of nitrogens with zero attached hydrogens (tertiary/aromatic N) is 2. The first kappa shape index (κ1) is 19.9. The summed E-state index contributed by atoms with van der Waals surface area (Å²) in [5, 5.41) is 12.8. The molecular weight excluding hydrogens is 374 g/mol. The van der Waals surface area contributed by atoms with Crippen LogP contribution >= 0.6 is 0 Å². The van der Waals surface area contributed by atoms with Crippen LogP contribution in [0.3, 0.4) is 0 Å². The summed E-state index contributed by atoms with van der Waals surface area (Å²) in [6.45, 7) is 2.89. The van der Waals surface area contributed by atoms with E-state index in [1.165, 1.54) is 13.4 Å². The maximum atomic E-state index is 11.8. The second-order valence-corrected chi connectivity index (χ2v) is 8.78. The van der Waals surface area contributed by atoms with Crippen molar-refractivity contribution in [3.8, 4) is 11.8 Å². The van der Waals surface area contributed by atoms with Crippen LogP contribution in [0.15, 0.2) is 35.2 Å². The first-order valence-electron chi connectivity index (χ1n) is 9.11. The van der Waals surface area contributed by atoms with Crippen LogP contribution in [0.4, 0.5) is 5.69 Å². The number of anilines is 1. The number of rotatable bonds is 7. The number of nitriles is 1. The lowest BCUT2D eigenvalue weighted by molar-refractivity contribution is 0.409. The van der Waals surface area contributed by atoms with Gasteiger partial charge in [-0.25, -0.2) is 8.42 Å². The van der Waals surface area contributed by atoms with E-state index < -0.39 is 9.84 Å². The SMILES string of the molecule is CCCNc1cc(Cc2ccc(S(C)(=O)=O)cc2OC)nc2c1C(C#N)=CC2. The number of fused-ring (bicyclic) bond motifs is 1. The minimum absolute atomic E-state index is 0.225. The van der Waals surface area contributed by atoms with Crippen molar-refractivity contribution >= 4 is 21.1 Å². The second kappa shape index (κ2) is 8.03. The van der Waals surface area contributed by atoms with Gasteiger partial charge in [0.2, 0.25) is 0 Å². The molecule has 1 aliphatic rings. The summed E-state index contributed by atoms with van der Waals surface area (Å²) in [6, 6.07) is 9.12. The van der Waals surface area contributed by atoms with E-state index in [1.54, 1.807) is 18.2 Å². The van der Waals surface area contributed by atoms with E-state index >= 15 is 0 Å². The molecule has 3 rings (SSSR count). The van der Waals surface area contributed by atoms with Gasteiger partial charge in [0.1, 0.15) is 5.75 Å². The Hall–Kier alpha value is -2.85. The molecule has 0 spiro atoms. The summed E-state index contributed by atoms with van der Waals surface area (Å²) < 4.78 is 29.0. The number of benzene rings is 1. The Bertz CT molecular complexity index is 1080. The Labute approximate surface area is 165 Å². The lowest BCUT2D eigenvalue weighted by Gasteiger charge is -2.15. The number of allylic oxidation sites excluding steroid dienone is 2. The zero-order chi connectivity index (χ0) is 20.3. The van der Waals surface area contributed by atoms with Crippen LogP contribution in [-0.2, 0) is 22.7 Å². The Morgan fingerprint density at radius 2 is 2.11 bits per heavy atom. The molecule has 1 aliphatic carbocycles. The molecule has 1 aromatic carbocycles. The van der Waals surface area contributed by atoms with Gasteiger partial charge in [0.25, 0.3) is 0 Å². The highest BCUT2D eigenvalue weighted by Gasteiger charge is 2.21. The Morgan fingerprint density at radius 1 is 1.32 bits per heavy atom. The van der Waals surface area contributed by atoms with Crippen LogP contribution in [0.25, 0.3) is 5.57 Å². The first-order valence-corrected chi connectivity index (χ1v) is 11.0. The molecule has 1 N–H and O–H groups in total. The average molecular weight is 398 g/mol. The molecule has 0 radical (unpaired) electrons. The van der Waals surface area contributed by atoms with Gasteiger partial charge in [-0.15, -0.1) is 0 Å². The van der Waals surface area contributed by atoms with Gasteiger partial charge in [-0.1, -0.05) is 19.1 Å². The van der Waals surface area contributed by atoms with Crippen molar-refractivity contribution in [2.24, 2.45) is 0 Å². The molecule has 0 atom stereocenters. The topological polar surface area (TPSA) is 92.1 Å². The van der Waals surface area contributed by atoms with E-state index in [-0.39, 0.29) is 4.90 Å². The summed E-state index contributed by atoms with van der Waals surface area (Å²) in [7, 11) is -1.78. The van der Waals surface area contributed by atoms with Gasteiger partial charge in [-0.3, -0.25) is 4.98 Å². The van der Waals surface area contributed by atoms with Crippen molar-refractivity contribution < 1.29 is 13.2 Å². The molecule has 7 heteroatoms. The highest BCUT2D eigenvalue weighted by Crippen LogP contribution is 2.34. The Kier molecular flexibility index (Phi) is 5.71. The van der Waals surface area contributed by atoms with Gasteiger partial charge in [0, 0.05) is 48.2 Å². The lowest BCUT2D eigenvalue weighted by atomic mass is 10.0. The van der Waals surface area contributed by atoms with Gasteiger partial charge < -0.3 is 10.1 Å². The minimum atomic E-state index is -3.30. The molecule has 0 bridgehead atoms. The quantitative estimate of drug-likeness (QED) is 0.770. The second-order valence-electron chi connectivity index (χ2n) is 6.77. The normalized spacial score (nSPS) is 12.9. The molecule has 0 unspecified atom stereocenters. The molecule has 1 heterocycles. The van der Waals surface area contributed by atoms with Crippen molar-refractivity contribution in [1.29, 1.82) is 5.26 Å². The minimum Gasteiger partial charge on any atom is -0.496 e. The number of hydrogen-bond donors (Lipinski definition) is 1. The van der Waals surface area contributed by atoms with Crippen LogP contribution in [0.1, 0.15) is 35.9 Å². The van der Waals surface area contributed by atoms with Crippen LogP contribution in [0.5, 0.6) is 5.75 Å². The van der Waals surface area contributed by atoms with E-state index in [2.05, 4.69) is 18.3 Å². The third kappa shape index (κ3) is 4.02. The van der Waals surface area contributed by atoms with Gasteiger partial charge >= 0.3 is 0 Å². The van der Waals surface area contributed by atoms with Gasteiger partial charge in [-0.2, -0.15) is 5.26 Å². The monoisotopic (exact) mass is 397 g/mol. The first-order chi connectivity index (χ1) is 13.4. The molecule has 0 saturated heterocycles. The molecule has 28 heavy (non-hydrogen) atoms. The fraction of sp³-hybridized carbons (Fsp3) is 0.333. The highest BCUT2D eigenvalue weighted by atomic mass is 32.2. The summed E-state index contributed by atoms with van der Waals surface area (Å²) in [5.74, 6) is 0.518. The number of nitrogens with one attached hydrogen (secondary N) is 1. The summed E-state index contributed by atoms with van der Waals surface area (Å²) in [6.07, 6.45) is 5.19. The standard InChI is InChI=1S/C21H23N3O3S/c1-4-9-23-19-11-16(24-18-8-6-15(13-22)21(18)19)10-14-5-7-17(28(3,25)26)12-20(14)27-2/h5-7,11-12H,4,8-10H2,1-3H3,(H,23,24). The van der Waals surface area contributed by atoms with Crippen molar-refractivity contribution in [2.75, 3.05) is 25.2 Å². The van der Waals surface area contributed by atoms with Crippen molar-refractivity contribution in [3.05, 3.63) is 52.9 Å². The predicted octanol–water partition coefficient (Wildman–Crippen LogP) is 3.37. The zero-order valence-electron chi connectivity index (χ0n) is 16.2. The number of ether oxygens (including phenoxy) is 1. The maximum Gasteiger partial charge on any atom is 0.175 e. The van der Waals surface area contributed by atoms with E-state index in [4.69, 9.17) is 9.72 Å². The smallest absolute Gasteiger partial charge is 0.175 e. The van der Waals surface area contributed by atoms with Crippen molar-refractivity contribution in [3.63, 3.8) is 0 Å². The van der Waals surface area contributed by atoms with Crippen LogP contribution in [0.2, 0.25) is 0 Å². The third-order valence-corrected chi connectivity index (χ3v) is 5.77. The van der Waals surface area contributed by atoms with Gasteiger partial charge in [0.15, 0.2) is 9.84 Å². The number of hydrogen-bond acceptors (Lipinski definition) is 6. The molecule has 0 saturated carbocycles. The number of pyridine rings is 1. The van der Waals surface area contributed by atoms with E-state index in [1.807, 2.05) is 12.1 Å². The number of methoxy groups -OCH3 is 1. The number of aromatic nitrogens is 1. The van der Waals surface area contributed by atoms with E-state index in [0.29, 0.717) is 24.2 Å². The Balaban J connectivity index is 1.99. The summed E-state index contributed by atoms with van der Waals surface area (Å²) in [4.78, 5) is 4.97. The fourth-order valence-electron chi connectivity index (χ4n) is 3.29. The number of sulfone groups is 1. The molecular formula is C21H23N3O3S. The molecule has 146 valence electrons. The highest BCUT2D eigenvalue weighted by molar-refractivity contribution is 7.90.